The number of halogens is 2. The van der Waals surface area contributed by atoms with Crippen molar-refractivity contribution in [1.82, 2.24) is 5.32 Å². The van der Waals surface area contributed by atoms with E-state index in [1.807, 2.05) is 0 Å². The predicted molar refractivity (Wildman–Crippen MR) is 104 cm³/mol. The minimum Gasteiger partial charge on any atom is -0.490 e. The van der Waals surface area contributed by atoms with Gasteiger partial charge >= 0.3 is 0 Å². The summed E-state index contributed by atoms with van der Waals surface area (Å²) in [5.41, 5.74) is 0.987. The number of nitrogens with one attached hydrogen (secondary N) is 2. The van der Waals surface area contributed by atoms with Gasteiger partial charge < -0.3 is 14.8 Å². The van der Waals surface area contributed by atoms with E-state index in [-0.39, 0.29) is 11.0 Å². The first-order valence-electron chi connectivity index (χ1n) is 7.29. The van der Waals surface area contributed by atoms with Gasteiger partial charge in [-0.05, 0) is 42.5 Å². The van der Waals surface area contributed by atoms with Gasteiger partial charge in [-0.1, -0.05) is 35.3 Å². The topological polar surface area (TPSA) is 59.6 Å². The van der Waals surface area contributed by atoms with Crippen molar-refractivity contribution in [2.24, 2.45) is 0 Å². The quantitative estimate of drug-likeness (QED) is 0.565. The lowest BCUT2D eigenvalue weighted by Crippen LogP contribution is -2.34. The summed E-state index contributed by atoms with van der Waals surface area (Å²) in [6.07, 6.45) is 0. The van der Waals surface area contributed by atoms with Crippen LogP contribution >= 0.6 is 35.4 Å². The Balaban J connectivity index is 2.01. The van der Waals surface area contributed by atoms with E-state index in [1.165, 1.54) is 0 Å². The Hall–Kier alpha value is -1.86. The minimum absolute atomic E-state index is 0.134. The number of amides is 1. The molecule has 1 amide bonds. The number of hydrogen-bond donors (Lipinski definition) is 2. The van der Waals surface area contributed by atoms with Gasteiger partial charge in [-0.2, -0.15) is 0 Å². The molecule has 132 valence electrons. The predicted octanol–water partition coefficient (Wildman–Crippen LogP) is 4.15. The highest BCUT2D eigenvalue weighted by atomic mass is 35.5. The van der Waals surface area contributed by atoms with Crippen LogP contribution in [0.4, 0.5) is 5.69 Å². The maximum atomic E-state index is 12.4. The highest BCUT2D eigenvalue weighted by Gasteiger charge is 2.13. The average molecular weight is 399 g/mol. The van der Waals surface area contributed by atoms with Gasteiger partial charge in [0.05, 0.1) is 22.2 Å². The van der Waals surface area contributed by atoms with Crippen molar-refractivity contribution in [3.8, 4) is 5.75 Å². The zero-order chi connectivity index (χ0) is 18.2. The van der Waals surface area contributed by atoms with E-state index in [2.05, 4.69) is 10.6 Å². The standard InChI is InChI=1S/C17H16Cl2N2O3S/c1-23-8-9-24-15-5-3-2-4-12(15)16(22)21-17(25)20-11-6-7-13(18)14(19)10-11/h2-7,10H,8-9H2,1H3,(H2,20,21,22,25). The molecule has 0 aliphatic carbocycles. The molecule has 0 atom stereocenters. The van der Waals surface area contributed by atoms with Crippen LogP contribution in [0.15, 0.2) is 42.5 Å². The van der Waals surface area contributed by atoms with Crippen LogP contribution in [-0.2, 0) is 4.74 Å². The van der Waals surface area contributed by atoms with E-state index in [0.29, 0.717) is 40.3 Å². The fraction of sp³-hybridized carbons (Fsp3) is 0.176. The van der Waals surface area contributed by atoms with Crippen molar-refractivity contribution >= 4 is 52.1 Å². The molecule has 0 unspecified atom stereocenters. The molecule has 2 N–H and O–H groups in total. The molecule has 2 aromatic rings. The molecular formula is C17H16Cl2N2O3S. The fourth-order valence-electron chi connectivity index (χ4n) is 1.92. The first-order valence-corrected chi connectivity index (χ1v) is 8.46. The van der Waals surface area contributed by atoms with E-state index in [0.717, 1.165) is 0 Å². The van der Waals surface area contributed by atoms with Crippen molar-refractivity contribution in [3.05, 3.63) is 58.1 Å². The summed E-state index contributed by atoms with van der Waals surface area (Å²) in [5.74, 6) is 0.0694. The lowest BCUT2D eigenvalue weighted by Gasteiger charge is -2.13. The molecule has 0 spiro atoms. The summed E-state index contributed by atoms with van der Waals surface area (Å²) in [6.45, 7) is 0.764. The molecule has 25 heavy (non-hydrogen) atoms. The van der Waals surface area contributed by atoms with Crippen LogP contribution in [0.2, 0.25) is 10.0 Å². The fourth-order valence-corrected chi connectivity index (χ4v) is 2.43. The number of anilines is 1. The zero-order valence-electron chi connectivity index (χ0n) is 13.3. The van der Waals surface area contributed by atoms with Crippen LogP contribution < -0.4 is 15.4 Å². The zero-order valence-corrected chi connectivity index (χ0v) is 15.7. The highest BCUT2D eigenvalue weighted by Crippen LogP contribution is 2.25. The van der Waals surface area contributed by atoms with Gasteiger partial charge in [-0.15, -0.1) is 0 Å². The van der Waals surface area contributed by atoms with E-state index < -0.39 is 0 Å². The van der Waals surface area contributed by atoms with Crippen LogP contribution in [0.1, 0.15) is 10.4 Å². The second-order valence-electron chi connectivity index (χ2n) is 4.87. The molecule has 8 heteroatoms. The third kappa shape index (κ3) is 5.86. The molecule has 0 bridgehead atoms. The molecule has 2 aromatic carbocycles. The van der Waals surface area contributed by atoms with Crippen LogP contribution in [-0.4, -0.2) is 31.3 Å². The van der Waals surface area contributed by atoms with Gasteiger partial charge in [0.15, 0.2) is 5.11 Å². The van der Waals surface area contributed by atoms with Gasteiger partial charge in [0.25, 0.3) is 5.91 Å². The van der Waals surface area contributed by atoms with Crippen LogP contribution in [0.25, 0.3) is 0 Å². The van der Waals surface area contributed by atoms with E-state index in [9.17, 15) is 4.79 Å². The number of ether oxygens (including phenoxy) is 2. The Morgan fingerprint density at radius 1 is 1.12 bits per heavy atom. The van der Waals surface area contributed by atoms with E-state index >= 15 is 0 Å². The Labute approximate surface area is 161 Å². The molecule has 0 saturated heterocycles. The molecule has 0 aliphatic rings. The molecule has 0 radical (unpaired) electrons. The minimum atomic E-state index is -0.384. The number of para-hydroxylation sites is 1. The summed E-state index contributed by atoms with van der Waals surface area (Å²) in [5, 5.41) is 6.44. The third-order valence-electron chi connectivity index (χ3n) is 3.08. The van der Waals surface area contributed by atoms with Crippen molar-refractivity contribution in [2.75, 3.05) is 25.6 Å². The van der Waals surface area contributed by atoms with Crippen LogP contribution in [0.3, 0.4) is 0 Å². The normalized spacial score (nSPS) is 10.2. The first-order chi connectivity index (χ1) is 12.0. The van der Waals surface area contributed by atoms with Crippen molar-refractivity contribution < 1.29 is 14.3 Å². The van der Waals surface area contributed by atoms with Gasteiger partial charge in [0.2, 0.25) is 0 Å². The average Bonchev–Trinajstić information content (AvgIpc) is 2.58. The number of hydrogen-bond acceptors (Lipinski definition) is 4. The molecule has 0 heterocycles. The SMILES string of the molecule is COCCOc1ccccc1C(=O)NC(=S)Nc1ccc(Cl)c(Cl)c1. The molecule has 0 saturated carbocycles. The third-order valence-corrected chi connectivity index (χ3v) is 4.02. The lowest BCUT2D eigenvalue weighted by molar-refractivity contribution is 0.0970. The summed E-state index contributed by atoms with van der Waals surface area (Å²) in [7, 11) is 1.58. The van der Waals surface area contributed by atoms with E-state index in [1.54, 1.807) is 49.6 Å². The number of carbonyl (C=O) groups is 1. The molecule has 0 aromatic heterocycles. The molecule has 0 aliphatic heterocycles. The molecule has 5 nitrogen and oxygen atoms in total. The summed E-state index contributed by atoms with van der Waals surface area (Å²) in [6, 6.07) is 11.8. The number of benzene rings is 2. The van der Waals surface area contributed by atoms with Gasteiger partial charge in [-0.25, -0.2) is 0 Å². The van der Waals surface area contributed by atoms with E-state index in [4.69, 9.17) is 44.9 Å². The molecular weight excluding hydrogens is 383 g/mol. The van der Waals surface area contributed by atoms with Crippen molar-refractivity contribution in [3.63, 3.8) is 0 Å². The Morgan fingerprint density at radius 3 is 2.60 bits per heavy atom. The van der Waals surface area contributed by atoms with Gasteiger partial charge in [0, 0.05) is 12.8 Å². The van der Waals surface area contributed by atoms with Gasteiger partial charge in [0.1, 0.15) is 12.4 Å². The number of thiocarbonyl (C=S) groups is 1. The number of methoxy groups -OCH3 is 1. The Morgan fingerprint density at radius 2 is 1.88 bits per heavy atom. The lowest BCUT2D eigenvalue weighted by atomic mass is 10.2. The summed E-state index contributed by atoms with van der Waals surface area (Å²) < 4.78 is 10.5. The smallest absolute Gasteiger partial charge is 0.261 e. The first kappa shape index (κ1) is 19.5. The summed E-state index contributed by atoms with van der Waals surface area (Å²) in [4.78, 5) is 12.4. The number of rotatable bonds is 6. The Kier molecular flexibility index (Phi) is 7.46. The largest absolute Gasteiger partial charge is 0.490 e. The van der Waals surface area contributed by atoms with Crippen LogP contribution in [0, 0.1) is 0 Å². The van der Waals surface area contributed by atoms with Gasteiger partial charge in [-0.3, -0.25) is 10.1 Å². The van der Waals surface area contributed by atoms with Crippen molar-refractivity contribution in [1.29, 1.82) is 0 Å². The second kappa shape index (κ2) is 9.58. The summed E-state index contributed by atoms with van der Waals surface area (Å²) >= 11 is 17.0. The maximum Gasteiger partial charge on any atom is 0.261 e. The monoisotopic (exact) mass is 398 g/mol. The Bertz CT molecular complexity index is 771. The second-order valence-corrected chi connectivity index (χ2v) is 6.10. The maximum absolute atomic E-state index is 12.4. The number of carbonyl (C=O) groups excluding carboxylic acids is 1. The van der Waals surface area contributed by atoms with Crippen LogP contribution in [0.5, 0.6) is 5.75 Å². The highest BCUT2D eigenvalue weighted by molar-refractivity contribution is 7.80. The van der Waals surface area contributed by atoms with Crippen molar-refractivity contribution in [2.45, 2.75) is 0 Å². The molecule has 0 fully saturated rings. The molecule has 2 rings (SSSR count).